The second-order valence-electron chi connectivity index (χ2n) is 4.80. The van der Waals surface area contributed by atoms with Crippen LogP contribution in [0.1, 0.15) is 18.4 Å². The zero-order chi connectivity index (χ0) is 12.1. The van der Waals surface area contributed by atoms with E-state index in [2.05, 4.69) is 34.1 Å². The molecule has 1 saturated carbocycles. The second kappa shape index (κ2) is 6.77. The molecule has 1 nitrogen and oxygen atoms in total. The Morgan fingerprint density at radius 2 is 2.12 bits per heavy atom. The monoisotopic (exact) mass is 316 g/mol. The lowest BCUT2D eigenvalue weighted by molar-refractivity contribution is 0.0972. The Morgan fingerprint density at radius 1 is 1.35 bits per heavy atom. The molecule has 1 atom stereocenters. The van der Waals surface area contributed by atoms with Gasteiger partial charge in [-0.1, -0.05) is 34.1 Å². The number of alkyl halides is 1. The summed E-state index contributed by atoms with van der Waals surface area (Å²) in [6.07, 6.45) is 3.67. The van der Waals surface area contributed by atoms with Crippen LogP contribution in [0.25, 0.3) is 0 Å². The zero-order valence-corrected chi connectivity index (χ0v) is 12.2. The molecule has 17 heavy (non-hydrogen) atoms. The molecule has 1 unspecified atom stereocenters. The molecule has 0 saturated heterocycles. The maximum Gasteiger partial charge on any atom is 0.0509 e. The number of rotatable bonds is 7. The number of benzene rings is 1. The van der Waals surface area contributed by atoms with Crippen LogP contribution in [0.2, 0.25) is 0 Å². The Kier molecular flexibility index (Phi) is 5.33. The van der Waals surface area contributed by atoms with Crippen molar-refractivity contribution >= 4 is 27.5 Å². The third-order valence-electron chi connectivity index (χ3n) is 3.09. The highest BCUT2D eigenvalue weighted by molar-refractivity contribution is 9.10. The standard InChI is InChI=1S/C14H18BrClO/c15-14-4-2-1-3-13(14)7-12(8-16)10-17-9-11-5-6-11/h1-4,11-12H,5-10H2. The first-order valence-electron chi connectivity index (χ1n) is 6.16. The van der Waals surface area contributed by atoms with Gasteiger partial charge in [0.05, 0.1) is 6.61 Å². The molecule has 0 radical (unpaired) electrons. The van der Waals surface area contributed by atoms with E-state index in [0.29, 0.717) is 11.8 Å². The molecule has 3 heteroatoms. The van der Waals surface area contributed by atoms with E-state index in [1.165, 1.54) is 18.4 Å². The van der Waals surface area contributed by atoms with Gasteiger partial charge in [0.1, 0.15) is 0 Å². The van der Waals surface area contributed by atoms with Gasteiger partial charge in [0.15, 0.2) is 0 Å². The van der Waals surface area contributed by atoms with Crippen LogP contribution < -0.4 is 0 Å². The van der Waals surface area contributed by atoms with Gasteiger partial charge in [-0.15, -0.1) is 11.6 Å². The van der Waals surface area contributed by atoms with Crippen molar-refractivity contribution in [1.29, 1.82) is 0 Å². The molecule has 0 spiro atoms. The van der Waals surface area contributed by atoms with E-state index in [0.717, 1.165) is 30.0 Å². The number of ether oxygens (including phenoxy) is 1. The van der Waals surface area contributed by atoms with Crippen LogP contribution in [0.5, 0.6) is 0 Å². The smallest absolute Gasteiger partial charge is 0.0509 e. The predicted molar refractivity (Wildman–Crippen MR) is 75.6 cm³/mol. The normalized spacial score (nSPS) is 17.1. The van der Waals surface area contributed by atoms with Gasteiger partial charge in [-0.05, 0) is 42.7 Å². The van der Waals surface area contributed by atoms with E-state index in [4.69, 9.17) is 16.3 Å². The van der Waals surface area contributed by atoms with Crippen LogP contribution in [0.3, 0.4) is 0 Å². The average Bonchev–Trinajstić information content (AvgIpc) is 3.14. The third kappa shape index (κ3) is 4.61. The zero-order valence-electron chi connectivity index (χ0n) is 9.87. The topological polar surface area (TPSA) is 9.23 Å². The van der Waals surface area contributed by atoms with Gasteiger partial charge in [-0.3, -0.25) is 0 Å². The van der Waals surface area contributed by atoms with E-state index in [1.807, 2.05) is 6.07 Å². The van der Waals surface area contributed by atoms with Gasteiger partial charge in [0.2, 0.25) is 0 Å². The summed E-state index contributed by atoms with van der Waals surface area (Å²) in [4.78, 5) is 0. The Hall–Kier alpha value is -0.0500. The molecule has 0 heterocycles. The van der Waals surface area contributed by atoms with Crippen LogP contribution >= 0.6 is 27.5 Å². The van der Waals surface area contributed by atoms with Crippen molar-refractivity contribution in [2.24, 2.45) is 11.8 Å². The molecule has 1 fully saturated rings. The molecular weight excluding hydrogens is 300 g/mol. The van der Waals surface area contributed by atoms with Crippen LogP contribution in [0.4, 0.5) is 0 Å². The molecule has 1 aromatic carbocycles. The molecule has 2 rings (SSSR count). The SMILES string of the molecule is ClCC(COCC1CC1)Cc1ccccc1Br. The quantitative estimate of drug-likeness (QED) is 0.682. The third-order valence-corrected chi connectivity index (χ3v) is 4.30. The van der Waals surface area contributed by atoms with Crippen molar-refractivity contribution in [3.63, 3.8) is 0 Å². The van der Waals surface area contributed by atoms with Crippen LogP contribution in [0, 0.1) is 11.8 Å². The molecule has 0 amide bonds. The summed E-state index contributed by atoms with van der Waals surface area (Å²) in [5.74, 6) is 1.90. The minimum atomic E-state index is 0.411. The van der Waals surface area contributed by atoms with Crippen molar-refractivity contribution in [3.05, 3.63) is 34.3 Å². The van der Waals surface area contributed by atoms with Gasteiger partial charge in [-0.25, -0.2) is 0 Å². The number of hydrogen-bond acceptors (Lipinski definition) is 1. The molecule has 1 aromatic rings. The summed E-state index contributed by atoms with van der Waals surface area (Å²) in [5.41, 5.74) is 1.31. The van der Waals surface area contributed by atoms with E-state index >= 15 is 0 Å². The van der Waals surface area contributed by atoms with Gasteiger partial charge in [0.25, 0.3) is 0 Å². The summed E-state index contributed by atoms with van der Waals surface area (Å²) in [7, 11) is 0. The van der Waals surface area contributed by atoms with Gasteiger partial charge in [-0.2, -0.15) is 0 Å². The summed E-state index contributed by atoms with van der Waals surface area (Å²) in [6, 6.07) is 8.32. The maximum absolute atomic E-state index is 6.01. The van der Waals surface area contributed by atoms with Gasteiger partial charge < -0.3 is 4.74 Å². The molecule has 1 aliphatic carbocycles. The van der Waals surface area contributed by atoms with Crippen molar-refractivity contribution in [1.82, 2.24) is 0 Å². The molecule has 0 aromatic heterocycles. The highest BCUT2D eigenvalue weighted by Gasteiger charge is 2.21. The summed E-state index contributed by atoms with van der Waals surface area (Å²) >= 11 is 9.58. The van der Waals surface area contributed by atoms with Crippen LogP contribution in [-0.4, -0.2) is 19.1 Å². The Morgan fingerprint density at radius 3 is 2.76 bits per heavy atom. The Balaban J connectivity index is 1.79. The summed E-state index contributed by atoms with van der Waals surface area (Å²) < 4.78 is 6.89. The van der Waals surface area contributed by atoms with Crippen molar-refractivity contribution in [3.8, 4) is 0 Å². The lowest BCUT2D eigenvalue weighted by atomic mass is 10.0. The van der Waals surface area contributed by atoms with E-state index in [1.54, 1.807) is 0 Å². The maximum atomic E-state index is 6.01. The molecule has 0 aliphatic heterocycles. The fourth-order valence-electron chi connectivity index (χ4n) is 1.82. The minimum Gasteiger partial charge on any atom is -0.381 e. The van der Waals surface area contributed by atoms with E-state index in [-0.39, 0.29) is 0 Å². The van der Waals surface area contributed by atoms with Gasteiger partial charge in [0, 0.05) is 17.0 Å². The number of halogens is 2. The Labute approximate surface area is 117 Å². The predicted octanol–water partition coefficient (Wildman–Crippen LogP) is 4.27. The molecule has 94 valence electrons. The van der Waals surface area contributed by atoms with Crippen molar-refractivity contribution < 1.29 is 4.74 Å². The molecule has 0 N–H and O–H groups in total. The lowest BCUT2D eigenvalue weighted by Crippen LogP contribution is -2.15. The average molecular weight is 318 g/mol. The molecular formula is C14H18BrClO. The fourth-order valence-corrected chi connectivity index (χ4v) is 2.46. The van der Waals surface area contributed by atoms with E-state index in [9.17, 15) is 0 Å². The highest BCUT2D eigenvalue weighted by Crippen LogP contribution is 2.29. The van der Waals surface area contributed by atoms with Gasteiger partial charge >= 0.3 is 0 Å². The second-order valence-corrected chi connectivity index (χ2v) is 5.96. The van der Waals surface area contributed by atoms with Crippen LogP contribution in [-0.2, 0) is 11.2 Å². The first-order valence-corrected chi connectivity index (χ1v) is 7.49. The largest absolute Gasteiger partial charge is 0.381 e. The van der Waals surface area contributed by atoms with Crippen LogP contribution in [0.15, 0.2) is 28.7 Å². The fraction of sp³-hybridized carbons (Fsp3) is 0.571. The van der Waals surface area contributed by atoms with Crippen molar-refractivity contribution in [2.45, 2.75) is 19.3 Å². The summed E-state index contributed by atoms with van der Waals surface area (Å²) in [5, 5.41) is 0. The number of hydrogen-bond donors (Lipinski definition) is 0. The summed E-state index contributed by atoms with van der Waals surface area (Å²) in [6.45, 7) is 1.70. The first-order chi connectivity index (χ1) is 8.29. The Bertz CT molecular complexity index is 352. The molecule has 0 bridgehead atoms. The highest BCUT2D eigenvalue weighted by atomic mass is 79.9. The minimum absolute atomic E-state index is 0.411. The molecule has 1 aliphatic rings. The lowest BCUT2D eigenvalue weighted by Gasteiger charge is -2.15. The van der Waals surface area contributed by atoms with Crippen molar-refractivity contribution in [2.75, 3.05) is 19.1 Å². The first kappa shape index (κ1) is 13.4. The van der Waals surface area contributed by atoms with E-state index < -0.39 is 0 Å².